The van der Waals surface area contributed by atoms with Gasteiger partial charge in [-0.05, 0) is 18.2 Å². The van der Waals surface area contributed by atoms with Crippen molar-refractivity contribution in [2.75, 3.05) is 20.2 Å². The zero-order chi connectivity index (χ0) is 19.2. The van der Waals surface area contributed by atoms with Gasteiger partial charge in [-0.25, -0.2) is 9.78 Å². The van der Waals surface area contributed by atoms with Gasteiger partial charge in [-0.15, -0.1) is 11.3 Å². The van der Waals surface area contributed by atoms with E-state index < -0.39 is 5.97 Å². The van der Waals surface area contributed by atoms with E-state index in [-0.39, 0.29) is 18.9 Å². The van der Waals surface area contributed by atoms with Crippen LogP contribution in [0.25, 0.3) is 20.8 Å². The number of aromatic nitrogens is 1. The Balaban J connectivity index is 1.76. The lowest BCUT2D eigenvalue weighted by Gasteiger charge is -2.15. The monoisotopic (exact) mass is 379 g/mol. The molecule has 0 atom stereocenters. The van der Waals surface area contributed by atoms with Crippen LogP contribution < -0.4 is 0 Å². The molecule has 1 amide bonds. The van der Waals surface area contributed by atoms with E-state index in [0.717, 1.165) is 15.2 Å². The number of thiazole rings is 1. The number of likely N-dealkylation sites (N-methyl/N-ethyl adjacent to an activating group) is 1. The fraction of sp³-hybridized carbons (Fsp3) is 0.200. The number of esters is 1. The van der Waals surface area contributed by atoms with Crippen LogP contribution in [-0.2, 0) is 9.53 Å². The third-order valence-electron chi connectivity index (χ3n) is 3.98. The summed E-state index contributed by atoms with van der Waals surface area (Å²) in [5, 5.41) is 9.30. The van der Waals surface area contributed by atoms with Gasteiger partial charge in [0, 0.05) is 19.2 Å². The maximum Gasteiger partial charge on any atom is 0.339 e. The molecule has 3 rings (SSSR count). The molecule has 0 bridgehead atoms. The number of nitrogens with zero attached hydrogens (tertiary/aromatic N) is 3. The Kier molecular flexibility index (Phi) is 5.79. The molecule has 0 N–H and O–H groups in total. The zero-order valence-electron chi connectivity index (χ0n) is 14.7. The molecule has 0 saturated heterocycles. The molecule has 136 valence electrons. The van der Waals surface area contributed by atoms with Gasteiger partial charge >= 0.3 is 5.97 Å². The van der Waals surface area contributed by atoms with E-state index in [4.69, 9.17) is 10.00 Å². The first-order valence-corrected chi connectivity index (χ1v) is 9.15. The van der Waals surface area contributed by atoms with E-state index in [0.29, 0.717) is 17.7 Å². The number of hydrogen-bond donors (Lipinski definition) is 0. The van der Waals surface area contributed by atoms with Gasteiger partial charge in [0.15, 0.2) is 6.61 Å². The molecule has 0 spiro atoms. The summed E-state index contributed by atoms with van der Waals surface area (Å²) < 4.78 is 6.22. The van der Waals surface area contributed by atoms with Crippen molar-refractivity contribution in [2.24, 2.45) is 0 Å². The van der Waals surface area contributed by atoms with Crippen LogP contribution in [0.2, 0.25) is 0 Å². The van der Waals surface area contributed by atoms with Crippen molar-refractivity contribution >= 4 is 33.4 Å². The van der Waals surface area contributed by atoms with Crippen LogP contribution in [0.15, 0.2) is 48.5 Å². The molecule has 0 aliphatic carbocycles. The molecule has 0 aliphatic rings. The van der Waals surface area contributed by atoms with Crippen molar-refractivity contribution in [3.63, 3.8) is 0 Å². The Morgan fingerprint density at radius 3 is 2.70 bits per heavy atom. The van der Waals surface area contributed by atoms with E-state index in [2.05, 4.69) is 4.98 Å². The summed E-state index contributed by atoms with van der Waals surface area (Å²) in [7, 11) is 1.57. The molecule has 0 aliphatic heterocycles. The summed E-state index contributed by atoms with van der Waals surface area (Å²) in [5.41, 5.74) is 1.91. The second kappa shape index (κ2) is 8.43. The minimum absolute atomic E-state index is 0.233. The molecule has 0 unspecified atom stereocenters. The van der Waals surface area contributed by atoms with Crippen LogP contribution in [-0.4, -0.2) is 42.0 Å². The maximum atomic E-state index is 12.5. The highest BCUT2D eigenvalue weighted by Gasteiger charge is 2.18. The summed E-state index contributed by atoms with van der Waals surface area (Å²) in [5.74, 6) is -0.928. The van der Waals surface area contributed by atoms with Crippen molar-refractivity contribution < 1.29 is 14.3 Å². The number of rotatable bonds is 6. The summed E-state index contributed by atoms with van der Waals surface area (Å²) in [6, 6.07) is 16.8. The Morgan fingerprint density at radius 2 is 1.93 bits per heavy atom. The number of fused-ring (bicyclic) bond motifs is 1. The lowest BCUT2D eigenvalue weighted by molar-refractivity contribution is -0.133. The van der Waals surface area contributed by atoms with Gasteiger partial charge in [0.2, 0.25) is 0 Å². The van der Waals surface area contributed by atoms with Crippen molar-refractivity contribution in [2.45, 2.75) is 6.42 Å². The van der Waals surface area contributed by atoms with Gasteiger partial charge in [-0.3, -0.25) is 4.79 Å². The highest BCUT2D eigenvalue weighted by Crippen LogP contribution is 2.32. The average Bonchev–Trinajstić information content (AvgIpc) is 3.14. The molecular weight excluding hydrogens is 362 g/mol. The number of benzene rings is 2. The number of carbonyl (C=O) groups excluding carboxylic acids is 2. The fourth-order valence-corrected chi connectivity index (χ4v) is 3.50. The quantitative estimate of drug-likeness (QED) is 0.612. The van der Waals surface area contributed by atoms with Gasteiger partial charge in [0.05, 0.1) is 28.3 Å². The van der Waals surface area contributed by atoms with Gasteiger partial charge in [-0.2, -0.15) is 5.26 Å². The van der Waals surface area contributed by atoms with Crippen molar-refractivity contribution in [3.05, 3.63) is 54.1 Å². The fourth-order valence-electron chi connectivity index (χ4n) is 2.49. The highest BCUT2D eigenvalue weighted by atomic mass is 32.1. The largest absolute Gasteiger partial charge is 0.452 e. The normalized spacial score (nSPS) is 10.4. The van der Waals surface area contributed by atoms with Crippen LogP contribution in [0.1, 0.15) is 16.8 Å². The average molecular weight is 379 g/mol. The lowest BCUT2D eigenvalue weighted by Crippen LogP contribution is -2.32. The van der Waals surface area contributed by atoms with Gasteiger partial charge in [0.25, 0.3) is 5.91 Å². The molecular formula is C20H17N3O3S. The molecule has 1 aromatic heterocycles. The van der Waals surface area contributed by atoms with Crippen LogP contribution >= 0.6 is 11.3 Å². The number of carbonyl (C=O) groups is 2. The SMILES string of the molecule is CN(CCC#N)C(=O)COC(=O)c1ccccc1-c1nc2ccccc2s1. The smallest absolute Gasteiger partial charge is 0.339 e. The summed E-state index contributed by atoms with van der Waals surface area (Å²) in [4.78, 5) is 30.5. The predicted molar refractivity (Wildman–Crippen MR) is 103 cm³/mol. The second-order valence-corrected chi connectivity index (χ2v) is 6.86. The lowest BCUT2D eigenvalue weighted by atomic mass is 10.1. The van der Waals surface area contributed by atoms with E-state index in [1.807, 2.05) is 42.5 Å². The van der Waals surface area contributed by atoms with E-state index in [1.54, 1.807) is 19.2 Å². The van der Waals surface area contributed by atoms with E-state index in [9.17, 15) is 9.59 Å². The van der Waals surface area contributed by atoms with E-state index >= 15 is 0 Å². The number of ether oxygens (including phenoxy) is 1. The minimum Gasteiger partial charge on any atom is -0.452 e. The first-order valence-electron chi connectivity index (χ1n) is 8.33. The number of hydrogen-bond acceptors (Lipinski definition) is 6. The maximum absolute atomic E-state index is 12.5. The summed E-state index contributed by atoms with van der Waals surface area (Å²) in [6.45, 7) is -0.0654. The second-order valence-electron chi connectivity index (χ2n) is 5.83. The predicted octanol–water partition coefficient (Wildman–Crippen LogP) is 3.49. The molecule has 0 saturated carbocycles. The summed E-state index contributed by atoms with van der Waals surface area (Å²) >= 11 is 1.50. The standard InChI is InChI=1S/C20H17N3O3S/c1-23(12-6-11-21)18(24)13-26-20(25)15-8-3-2-7-14(15)19-22-16-9-4-5-10-17(16)27-19/h2-5,7-10H,6,12-13H2,1H3. The van der Waals surface area contributed by atoms with Crippen molar-refractivity contribution in [1.82, 2.24) is 9.88 Å². The molecule has 27 heavy (non-hydrogen) atoms. The molecule has 6 nitrogen and oxygen atoms in total. The first-order chi connectivity index (χ1) is 13.1. The third kappa shape index (κ3) is 4.30. The van der Waals surface area contributed by atoms with Crippen LogP contribution in [0, 0.1) is 11.3 Å². The third-order valence-corrected chi connectivity index (χ3v) is 5.05. The molecule has 7 heteroatoms. The number of amides is 1. The van der Waals surface area contributed by atoms with Crippen LogP contribution in [0.4, 0.5) is 0 Å². The molecule has 0 fully saturated rings. The Morgan fingerprint density at radius 1 is 1.19 bits per heavy atom. The molecule has 3 aromatic rings. The van der Waals surface area contributed by atoms with Crippen molar-refractivity contribution in [3.8, 4) is 16.6 Å². The Hall–Kier alpha value is -3.24. The molecule has 1 heterocycles. The Labute approximate surface area is 160 Å². The van der Waals surface area contributed by atoms with Crippen molar-refractivity contribution in [1.29, 1.82) is 5.26 Å². The first kappa shape index (κ1) is 18.5. The number of nitriles is 1. The van der Waals surface area contributed by atoms with Gasteiger partial charge < -0.3 is 9.64 Å². The minimum atomic E-state index is -0.577. The van der Waals surface area contributed by atoms with Gasteiger partial charge in [-0.1, -0.05) is 30.3 Å². The summed E-state index contributed by atoms with van der Waals surface area (Å²) in [6.07, 6.45) is 0.233. The molecule has 2 aromatic carbocycles. The van der Waals surface area contributed by atoms with Gasteiger partial charge in [0.1, 0.15) is 5.01 Å². The Bertz CT molecular complexity index is 989. The zero-order valence-corrected chi connectivity index (χ0v) is 15.5. The molecule has 0 radical (unpaired) electrons. The van der Waals surface area contributed by atoms with Crippen LogP contribution in [0.5, 0.6) is 0 Å². The topological polar surface area (TPSA) is 83.3 Å². The highest BCUT2D eigenvalue weighted by molar-refractivity contribution is 7.21. The van der Waals surface area contributed by atoms with E-state index in [1.165, 1.54) is 16.2 Å². The van der Waals surface area contributed by atoms with Crippen LogP contribution in [0.3, 0.4) is 0 Å². The number of para-hydroxylation sites is 1.